The van der Waals surface area contributed by atoms with E-state index in [9.17, 15) is 0 Å². The predicted molar refractivity (Wildman–Crippen MR) is 393 cm³/mol. The van der Waals surface area contributed by atoms with E-state index in [4.69, 9.17) is 21.4 Å². The van der Waals surface area contributed by atoms with Gasteiger partial charge in [0, 0.05) is 99.4 Å². The maximum atomic E-state index is 7.36. The fourth-order valence-electron chi connectivity index (χ4n) is 14.9. The molecule has 10 nitrogen and oxygen atoms in total. The number of anilines is 8. The minimum absolute atomic E-state index is 0.428. The van der Waals surface area contributed by atoms with E-state index in [2.05, 4.69) is 331 Å². The fourth-order valence-corrected chi connectivity index (χ4v) is 14.9. The van der Waals surface area contributed by atoms with Crippen LogP contribution in [-0.4, -0.2) is 28.2 Å². The number of fused-ring (bicyclic) bond motifs is 15. The predicted octanol–water partition coefficient (Wildman–Crippen LogP) is 21.3. The second-order valence-corrected chi connectivity index (χ2v) is 24.2. The fraction of sp³-hybridized carbons (Fsp3) is 0. The Morgan fingerprint density at radius 1 is 0.213 bits per heavy atom. The van der Waals surface area contributed by atoms with Crippen LogP contribution in [0.25, 0.3) is 132 Å². The number of aromatic nitrogens is 6. The van der Waals surface area contributed by atoms with Gasteiger partial charge in [-0.15, -0.1) is 0 Å². The SMILES string of the molecule is Nc1c(N)c2cc(N(c3ccc(-n4c5ccccc5c5ccccc54)cc3)c3ccc(-n4c5ccccc5c5ccccc54)cc3)cnc2c2ncc(N(c3ccc(-n4c5ccccc5c5ccccc54)cc3)c3ccc(-n4c5ccccc5c5ccccc54)cc3)cc12. The summed E-state index contributed by atoms with van der Waals surface area (Å²) >= 11 is 0. The van der Waals surface area contributed by atoms with Crippen LogP contribution < -0.4 is 21.3 Å². The molecule has 19 rings (SSSR count). The first-order valence-electron chi connectivity index (χ1n) is 31.7. The van der Waals surface area contributed by atoms with Crippen LogP contribution in [0.3, 0.4) is 0 Å². The van der Waals surface area contributed by atoms with E-state index in [1.165, 1.54) is 43.1 Å². The zero-order valence-electron chi connectivity index (χ0n) is 50.8. The zero-order chi connectivity index (χ0) is 62.1. The summed E-state index contributed by atoms with van der Waals surface area (Å²) in [6, 6.07) is 108. The lowest BCUT2D eigenvalue weighted by Gasteiger charge is -2.27. The van der Waals surface area contributed by atoms with Gasteiger partial charge in [-0.25, -0.2) is 0 Å². The molecule has 94 heavy (non-hydrogen) atoms. The van der Waals surface area contributed by atoms with Crippen LogP contribution in [0.2, 0.25) is 0 Å². The first kappa shape index (κ1) is 53.0. The molecule has 6 heterocycles. The number of nitrogens with two attached hydrogens (primary N) is 2. The van der Waals surface area contributed by atoms with E-state index in [-0.39, 0.29) is 0 Å². The van der Waals surface area contributed by atoms with Gasteiger partial charge < -0.3 is 39.5 Å². The van der Waals surface area contributed by atoms with Crippen molar-refractivity contribution in [2.45, 2.75) is 0 Å². The second-order valence-electron chi connectivity index (χ2n) is 24.2. The van der Waals surface area contributed by atoms with E-state index in [0.29, 0.717) is 33.2 Å². The van der Waals surface area contributed by atoms with Gasteiger partial charge in [0.05, 0.1) is 90.3 Å². The Balaban J connectivity index is 0.742. The molecule has 0 saturated heterocycles. The molecule has 19 aromatic rings. The summed E-state index contributed by atoms with van der Waals surface area (Å²) in [6.45, 7) is 0. The van der Waals surface area contributed by atoms with Crippen molar-refractivity contribution in [3.63, 3.8) is 0 Å². The number of benzene rings is 13. The molecule has 0 amide bonds. The summed E-state index contributed by atoms with van der Waals surface area (Å²) in [5, 5.41) is 11.1. The van der Waals surface area contributed by atoms with Crippen LogP contribution in [0.1, 0.15) is 0 Å². The lowest BCUT2D eigenvalue weighted by molar-refractivity contribution is 1.16. The molecule has 0 atom stereocenters. The highest BCUT2D eigenvalue weighted by atomic mass is 15.2. The Morgan fingerprint density at radius 2 is 0.404 bits per heavy atom. The maximum Gasteiger partial charge on any atom is 0.0988 e. The minimum atomic E-state index is 0.428. The van der Waals surface area contributed by atoms with Gasteiger partial charge >= 0.3 is 0 Å². The summed E-state index contributed by atoms with van der Waals surface area (Å²) in [7, 11) is 0. The Bertz CT molecular complexity index is 5340. The molecular weight excluding hydrogens is 1150 g/mol. The summed E-state index contributed by atoms with van der Waals surface area (Å²) in [5.74, 6) is 0. The largest absolute Gasteiger partial charge is 0.396 e. The Morgan fingerprint density at radius 3 is 0.606 bits per heavy atom. The highest BCUT2D eigenvalue weighted by Crippen LogP contribution is 2.46. The highest BCUT2D eigenvalue weighted by molar-refractivity contribution is 6.18. The van der Waals surface area contributed by atoms with Crippen molar-refractivity contribution >= 4 is 155 Å². The molecule has 442 valence electrons. The quantitative estimate of drug-likeness (QED) is 0.0803. The molecule has 4 N–H and O–H groups in total. The highest BCUT2D eigenvalue weighted by Gasteiger charge is 2.24. The molecule has 0 fully saturated rings. The summed E-state index contributed by atoms with van der Waals surface area (Å²) in [6.07, 6.45) is 3.86. The number of nitrogen functional groups attached to an aromatic ring is 2. The smallest absolute Gasteiger partial charge is 0.0988 e. The second kappa shape index (κ2) is 20.8. The average molecular weight is 1210 g/mol. The minimum Gasteiger partial charge on any atom is -0.396 e. The van der Waals surface area contributed by atoms with Crippen molar-refractivity contribution in [2.75, 3.05) is 21.3 Å². The topological polar surface area (TPSA) is 104 Å². The molecule has 0 aliphatic heterocycles. The molecule has 0 aliphatic rings. The molecule has 13 aromatic carbocycles. The van der Waals surface area contributed by atoms with Crippen LogP contribution in [0.15, 0.2) is 316 Å². The van der Waals surface area contributed by atoms with Gasteiger partial charge in [-0.3, -0.25) is 9.97 Å². The number of pyridine rings is 2. The molecule has 0 unspecified atom stereocenters. The molecule has 6 aromatic heterocycles. The van der Waals surface area contributed by atoms with E-state index in [1.54, 1.807) is 0 Å². The third kappa shape index (κ3) is 8.03. The van der Waals surface area contributed by atoms with Gasteiger partial charge in [0.25, 0.3) is 0 Å². The van der Waals surface area contributed by atoms with Crippen molar-refractivity contribution in [1.29, 1.82) is 0 Å². The van der Waals surface area contributed by atoms with Gasteiger partial charge in [0.1, 0.15) is 0 Å². The Hall–Kier alpha value is -12.9. The van der Waals surface area contributed by atoms with Crippen LogP contribution in [0.5, 0.6) is 0 Å². The maximum absolute atomic E-state index is 7.36. The van der Waals surface area contributed by atoms with Gasteiger partial charge in [-0.05, 0) is 158 Å². The van der Waals surface area contributed by atoms with Crippen LogP contribution in [-0.2, 0) is 0 Å². The average Bonchev–Trinajstić information content (AvgIpc) is 1.68. The normalized spacial score (nSPS) is 11.9. The number of rotatable bonds is 10. The van der Waals surface area contributed by atoms with Crippen LogP contribution in [0.4, 0.5) is 45.5 Å². The van der Waals surface area contributed by atoms with Gasteiger partial charge in [-0.1, -0.05) is 146 Å². The van der Waals surface area contributed by atoms with E-state index in [1.807, 2.05) is 12.4 Å². The lowest BCUT2D eigenvalue weighted by Crippen LogP contribution is -2.12. The summed E-state index contributed by atoms with van der Waals surface area (Å²) in [5.41, 5.74) is 35.7. The van der Waals surface area contributed by atoms with Gasteiger partial charge in [0.2, 0.25) is 0 Å². The first-order valence-corrected chi connectivity index (χ1v) is 31.7. The molecule has 0 saturated carbocycles. The Labute approximate surface area is 539 Å². The number of hydrogen-bond donors (Lipinski definition) is 2. The van der Waals surface area contributed by atoms with Crippen molar-refractivity contribution in [1.82, 2.24) is 28.2 Å². The number of hydrogen-bond acceptors (Lipinski definition) is 6. The van der Waals surface area contributed by atoms with Gasteiger partial charge in [0.15, 0.2) is 0 Å². The standard InChI is InChI=1S/C84H56N10/c85-81-71-49-61(89(53-33-41-57(42-34-53)91-73-25-9-1-17-63(73)64-18-2-10-26-74(64)91)54-35-43-58(44-36-54)92-75-27-11-3-19-65(75)66-20-4-12-28-76(66)92)51-87-83(71)84-72(82(81)86)50-62(52-88-84)90(55-37-45-59(46-38-55)93-77-29-13-5-21-67(77)68-22-6-14-30-78(68)93)56-39-47-60(48-40-56)94-79-31-15-7-23-69(79)70-24-8-16-32-80(70)94/h1-52H,85-86H2. The van der Waals surface area contributed by atoms with E-state index >= 15 is 0 Å². The van der Waals surface area contributed by atoms with Crippen LogP contribution >= 0.6 is 0 Å². The molecular formula is C84H56N10. The number of nitrogens with zero attached hydrogens (tertiary/aromatic N) is 8. The molecule has 10 heteroatoms. The third-order valence-corrected chi connectivity index (χ3v) is 19.1. The van der Waals surface area contributed by atoms with Crippen molar-refractivity contribution < 1.29 is 0 Å². The lowest BCUT2D eigenvalue weighted by atomic mass is 10.0. The summed E-state index contributed by atoms with van der Waals surface area (Å²) < 4.78 is 9.37. The van der Waals surface area contributed by atoms with Crippen molar-refractivity contribution in [3.05, 3.63) is 316 Å². The van der Waals surface area contributed by atoms with E-state index in [0.717, 1.165) is 101 Å². The molecule has 0 aliphatic carbocycles. The Kier molecular flexibility index (Phi) is 11.7. The van der Waals surface area contributed by atoms with Gasteiger partial charge in [-0.2, -0.15) is 0 Å². The van der Waals surface area contributed by atoms with Crippen LogP contribution in [0, 0.1) is 0 Å². The number of para-hydroxylation sites is 8. The monoisotopic (exact) mass is 1200 g/mol. The van der Waals surface area contributed by atoms with E-state index < -0.39 is 0 Å². The summed E-state index contributed by atoms with van der Waals surface area (Å²) in [4.78, 5) is 15.1. The molecule has 0 spiro atoms. The third-order valence-electron chi connectivity index (χ3n) is 19.1. The molecule has 0 radical (unpaired) electrons. The first-order chi connectivity index (χ1) is 46.5. The molecule has 0 bridgehead atoms. The van der Waals surface area contributed by atoms with Crippen molar-refractivity contribution in [3.8, 4) is 22.7 Å². The van der Waals surface area contributed by atoms with Crippen molar-refractivity contribution in [2.24, 2.45) is 0 Å². The zero-order valence-corrected chi connectivity index (χ0v) is 50.8.